The van der Waals surface area contributed by atoms with Crippen LogP contribution in [0, 0.1) is 17.8 Å². The van der Waals surface area contributed by atoms with Crippen molar-refractivity contribution in [2.24, 2.45) is 17.8 Å². The van der Waals surface area contributed by atoms with Crippen LogP contribution in [-0.4, -0.2) is 23.5 Å². The molecule has 4 heteroatoms. The molecule has 1 saturated carbocycles. The predicted octanol–water partition coefficient (Wildman–Crippen LogP) is 2.04. The number of carbonyl (C=O) groups is 2. The van der Waals surface area contributed by atoms with Crippen LogP contribution in [-0.2, 0) is 9.59 Å². The summed E-state index contributed by atoms with van der Waals surface area (Å²) < 4.78 is 0. The zero-order chi connectivity index (χ0) is 12.8. The Balaban J connectivity index is 2.19. The molecule has 1 aliphatic carbocycles. The molecule has 0 bridgehead atoms. The molecule has 0 radical (unpaired) electrons. The number of aliphatic carboxylic acids is 1. The maximum Gasteiger partial charge on any atom is 0.308 e. The van der Waals surface area contributed by atoms with Gasteiger partial charge in [0.2, 0.25) is 5.91 Å². The van der Waals surface area contributed by atoms with Gasteiger partial charge in [0, 0.05) is 13.0 Å². The van der Waals surface area contributed by atoms with Crippen molar-refractivity contribution in [1.82, 2.24) is 5.32 Å². The molecule has 2 N–H and O–H groups in total. The average Bonchev–Trinajstić information content (AvgIpc) is 3.04. The lowest BCUT2D eigenvalue weighted by Crippen LogP contribution is -2.33. The summed E-state index contributed by atoms with van der Waals surface area (Å²) >= 11 is 0. The third-order valence-electron chi connectivity index (χ3n) is 3.13. The van der Waals surface area contributed by atoms with E-state index in [0.717, 1.165) is 12.3 Å². The second-order valence-electron chi connectivity index (χ2n) is 5.45. The first kappa shape index (κ1) is 14.0. The van der Waals surface area contributed by atoms with Crippen molar-refractivity contribution in [2.45, 2.75) is 46.0 Å². The molecule has 0 spiro atoms. The van der Waals surface area contributed by atoms with E-state index in [2.05, 4.69) is 5.32 Å². The van der Waals surface area contributed by atoms with Crippen LogP contribution < -0.4 is 5.32 Å². The molecule has 0 aromatic heterocycles. The Labute approximate surface area is 103 Å². The average molecular weight is 241 g/mol. The van der Waals surface area contributed by atoms with Gasteiger partial charge in [-0.25, -0.2) is 0 Å². The first-order valence-corrected chi connectivity index (χ1v) is 6.48. The van der Waals surface area contributed by atoms with Crippen LogP contribution in [0.2, 0.25) is 0 Å². The molecule has 1 unspecified atom stereocenters. The first-order chi connectivity index (χ1) is 7.99. The smallest absolute Gasteiger partial charge is 0.308 e. The van der Waals surface area contributed by atoms with Gasteiger partial charge in [0.15, 0.2) is 0 Å². The molecule has 0 heterocycles. The molecular formula is C13H23NO3. The van der Waals surface area contributed by atoms with E-state index in [-0.39, 0.29) is 12.5 Å². The van der Waals surface area contributed by atoms with E-state index in [9.17, 15) is 9.59 Å². The molecule has 1 rings (SSSR count). The lowest BCUT2D eigenvalue weighted by Gasteiger charge is -2.15. The maximum absolute atomic E-state index is 11.5. The summed E-state index contributed by atoms with van der Waals surface area (Å²) in [4.78, 5) is 22.5. The van der Waals surface area contributed by atoms with Gasteiger partial charge in [0.1, 0.15) is 0 Å². The Morgan fingerprint density at radius 2 is 2.00 bits per heavy atom. The maximum atomic E-state index is 11.5. The van der Waals surface area contributed by atoms with Gasteiger partial charge in [-0.15, -0.1) is 0 Å². The fourth-order valence-electron chi connectivity index (χ4n) is 1.91. The van der Waals surface area contributed by atoms with Crippen molar-refractivity contribution in [3.05, 3.63) is 0 Å². The molecule has 98 valence electrons. The van der Waals surface area contributed by atoms with Crippen LogP contribution in [0.1, 0.15) is 46.0 Å². The summed E-state index contributed by atoms with van der Waals surface area (Å²) in [5.74, 6) is -0.209. The monoisotopic (exact) mass is 241 g/mol. The second-order valence-corrected chi connectivity index (χ2v) is 5.45. The number of carbonyl (C=O) groups excluding carboxylic acids is 1. The van der Waals surface area contributed by atoms with Gasteiger partial charge in [-0.05, 0) is 24.7 Å². The molecule has 0 aromatic rings. The summed E-state index contributed by atoms with van der Waals surface area (Å²) in [7, 11) is 0. The number of nitrogens with one attached hydrogen (secondary N) is 1. The Hall–Kier alpha value is -1.06. The molecular weight excluding hydrogens is 218 g/mol. The highest BCUT2D eigenvalue weighted by Gasteiger charge is 2.23. The third-order valence-corrected chi connectivity index (χ3v) is 3.13. The Bertz CT molecular complexity index is 272. The molecule has 1 atom stereocenters. The minimum Gasteiger partial charge on any atom is -0.481 e. The number of hydrogen-bond donors (Lipinski definition) is 2. The number of carboxylic acids is 1. The summed E-state index contributed by atoms with van der Waals surface area (Å²) in [5.41, 5.74) is 0. The highest BCUT2D eigenvalue weighted by molar-refractivity contribution is 5.77. The van der Waals surface area contributed by atoms with Crippen LogP contribution in [0.5, 0.6) is 0 Å². The molecule has 1 aliphatic rings. The first-order valence-electron chi connectivity index (χ1n) is 6.48. The van der Waals surface area contributed by atoms with Crippen LogP contribution in [0.4, 0.5) is 0 Å². The molecule has 17 heavy (non-hydrogen) atoms. The van der Waals surface area contributed by atoms with Gasteiger partial charge < -0.3 is 10.4 Å². The van der Waals surface area contributed by atoms with Crippen molar-refractivity contribution in [3.8, 4) is 0 Å². The molecule has 1 fully saturated rings. The van der Waals surface area contributed by atoms with Gasteiger partial charge in [0.25, 0.3) is 0 Å². The lowest BCUT2D eigenvalue weighted by molar-refractivity contribution is -0.142. The number of carboxylic acid groups (broad SMARTS) is 1. The van der Waals surface area contributed by atoms with E-state index >= 15 is 0 Å². The largest absolute Gasteiger partial charge is 0.481 e. The number of amides is 1. The number of hydrogen-bond acceptors (Lipinski definition) is 2. The van der Waals surface area contributed by atoms with Crippen LogP contribution in [0.25, 0.3) is 0 Å². The highest BCUT2D eigenvalue weighted by Crippen LogP contribution is 2.33. The fourth-order valence-corrected chi connectivity index (χ4v) is 1.91. The molecule has 0 aliphatic heterocycles. The van der Waals surface area contributed by atoms with E-state index in [0.29, 0.717) is 18.8 Å². The quantitative estimate of drug-likeness (QED) is 0.683. The zero-order valence-electron chi connectivity index (χ0n) is 10.7. The second kappa shape index (κ2) is 6.62. The summed E-state index contributed by atoms with van der Waals surface area (Å²) in [6, 6.07) is 0. The van der Waals surface area contributed by atoms with E-state index in [1.54, 1.807) is 0 Å². The van der Waals surface area contributed by atoms with Crippen molar-refractivity contribution >= 4 is 11.9 Å². The summed E-state index contributed by atoms with van der Waals surface area (Å²) in [6.45, 7) is 4.24. The van der Waals surface area contributed by atoms with Crippen molar-refractivity contribution in [2.75, 3.05) is 6.54 Å². The van der Waals surface area contributed by atoms with Gasteiger partial charge in [-0.2, -0.15) is 0 Å². The van der Waals surface area contributed by atoms with Crippen molar-refractivity contribution in [1.29, 1.82) is 0 Å². The fraction of sp³-hybridized carbons (Fsp3) is 0.846. The van der Waals surface area contributed by atoms with Crippen LogP contribution in [0.3, 0.4) is 0 Å². The predicted molar refractivity (Wildman–Crippen MR) is 65.5 cm³/mol. The van der Waals surface area contributed by atoms with E-state index in [4.69, 9.17) is 5.11 Å². The normalized spacial score (nSPS) is 16.9. The van der Waals surface area contributed by atoms with Gasteiger partial charge >= 0.3 is 5.97 Å². The minimum atomic E-state index is -0.818. The third kappa shape index (κ3) is 6.29. The van der Waals surface area contributed by atoms with Crippen molar-refractivity contribution in [3.63, 3.8) is 0 Å². The molecule has 1 amide bonds. The van der Waals surface area contributed by atoms with Gasteiger partial charge in [0.05, 0.1) is 5.92 Å². The molecule has 0 aromatic carbocycles. The van der Waals surface area contributed by atoms with E-state index in [1.165, 1.54) is 12.8 Å². The standard InChI is InChI=1S/C13H23NO3/c1-9(2)7-11(13(16)17)8-14-12(15)6-5-10-3-4-10/h9-11H,3-8H2,1-2H3,(H,14,15)(H,16,17). The summed E-state index contributed by atoms with van der Waals surface area (Å²) in [6.07, 6.45) is 4.60. The minimum absolute atomic E-state index is 0.00749. The number of rotatable bonds is 8. The summed E-state index contributed by atoms with van der Waals surface area (Å²) in [5, 5.41) is 11.7. The lowest BCUT2D eigenvalue weighted by atomic mass is 9.97. The zero-order valence-corrected chi connectivity index (χ0v) is 10.7. The Morgan fingerprint density at radius 1 is 1.35 bits per heavy atom. The van der Waals surface area contributed by atoms with Crippen molar-refractivity contribution < 1.29 is 14.7 Å². The Kier molecular flexibility index (Phi) is 5.45. The van der Waals surface area contributed by atoms with Gasteiger partial charge in [-0.3, -0.25) is 9.59 Å². The van der Waals surface area contributed by atoms with Crippen LogP contribution >= 0.6 is 0 Å². The SMILES string of the molecule is CC(C)CC(CNC(=O)CCC1CC1)C(=O)O. The van der Waals surface area contributed by atoms with E-state index < -0.39 is 11.9 Å². The Morgan fingerprint density at radius 3 is 2.47 bits per heavy atom. The van der Waals surface area contributed by atoms with E-state index in [1.807, 2.05) is 13.8 Å². The van der Waals surface area contributed by atoms with Gasteiger partial charge in [-0.1, -0.05) is 26.7 Å². The molecule has 4 nitrogen and oxygen atoms in total. The molecule has 0 saturated heterocycles. The van der Waals surface area contributed by atoms with Crippen LogP contribution in [0.15, 0.2) is 0 Å². The topological polar surface area (TPSA) is 66.4 Å². The highest BCUT2D eigenvalue weighted by atomic mass is 16.4.